The molecule has 0 bridgehead atoms. The molecule has 3 rings (SSSR count). The highest BCUT2D eigenvalue weighted by atomic mass is 79.9. The average molecular weight is 432 g/mol. The first kappa shape index (κ1) is 19.0. The Morgan fingerprint density at radius 1 is 1.11 bits per heavy atom. The van der Waals surface area contributed by atoms with Gasteiger partial charge in [0.2, 0.25) is 6.10 Å². The Morgan fingerprint density at radius 2 is 1.81 bits per heavy atom. The molecule has 27 heavy (non-hydrogen) atoms. The summed E-state index contributed by atoms with van der Waals surface area (Å²) in [6.45, 7) is 0. The number of methoxy groups -OCH3 is 2. The molecule has 0 aromatic heterocycles. The predicted octanol–water partition coefficient (Wildman–Crippen LogP) is 3.35. The number of para-hydroxylation sites is 1. The Balaban J connectivity index is 1.86. The summed E-state index contributed by atoms with van der Waals surface area (Å²) in [5, 5.41) is 0. The van der Waals surface area contributed by atoms with E-state index in [0.717, 1.165) is 4.47 Å². The van der Waals surface area contributed by atoms with Crippen LogP contribution in [0.4, 0.5) is 5.69 Å². The minimum absolute atomic E-state index is 0.199. The fourth-order valence-electron chi connectivity index (χ4n) is 2.75. The van der Waals surface area contributed by atoms with Crippen molar-refractivity contribution in [3.63, 3.8) is 0 Å². The maximum atomic E-state index is 12.8. The third-order valence-electron chi connectivity index (χ3n) is 4.16. The highest BCUT2D eigenvalue weighted by Gasteiger charge is 2.49. The number of halogens is 1. The van der Waals surface area contributed by atoms with Crippen LogP contribution in [0.3, 0.4) is 0 Å². The molecule has 0 spiro atoms. The predicted molar refractivity (Wildman–Crippen MR) is 104 cm³/mol. The third kappa shape index (κ3) is 3.98. The van der Waals surface area contributed by atoms with Gasteiger partial charge in [0.05, 0.1) is 18.7 Å². The number of hydrogen-bond donors (Lipinski definition) is 0. The van der Waals surface area contributed by atoms with E-state index in [1.54, 1.807) is 48.4 Å². The van der Waals surface area contributed by atoms with E-state index in [1.165, 1.54) is 13.2 Å². The number of anilines is 1. The zero-order valence-corrected chi connectivity index (χ0v) is 16.4. The van der Waals surface area contributed by atoms with Crippen molar-refractivity contribution in [2.75, 3.05) is 19.1 Å². The third-order valence-corrected chi connectivity index (χ3v) is 4.82. The summed E-state index contributed by atoms with van der Waals surface area (Å²) in [7, 11) is 2.88. The first-order valence-electron chi connectivity index (χ1n) is 8.19. The van der Waals surface area contributed by atoms with Gasteiger partial charge >= 0.3 is 5.97 Å². The Kier molecular flexibility index (Phi) is 5.81. The van der Waals surface area contributed by atoms with Gasteiger partial charge in [-0.25, -0.2) is 4.79 Å². The molecule has 0 N–H and O–H groups in total. The van der Waals surface area contributed by atoms with Gasteiger partial charge in [-0.3, -0.25) is 9.69 Å². The zero-order chi connectivity index (χ0) is 19.4. The summed E-state index contributed by atoms with van der Waals surface area (Å²) < 4.78 is 16.4. The summed E-state index contributed by atoms with van der Waals surface area (Å²) in [6.07, 6.45) is 2.16. The van der Waals surface area contributed by atoms with Crippen LogP contribution < -0.4 is 14.4 Å². The highest BCUT2D eigenvalue weighted by Crippen LogP contribution is 2.35. The van der Waals surface area contributed by atoms with Crippen LogP contribution in [0.1, 0.15) is 0 Å². The fraction of sp³-hybridized carbons (Fsp3) is 0.200. The smallest absolute Gasteiger partial charge is 0.330 e. The zero-order valence-electron chi connectivity index (χ0n) is 14.8. The summed E-state index contributed by atoms with van der Waals surface area (Å²) in [4.78, 5) is 25.8. The summed E-state index contributed by atoms with van der Waals surface area (Å²) in [6, 6.07) is 13.9. The fourth-order valence-corrected chi connectivity index (χ4v) is 3.13. The molecule has 1 heterocycles. The van der Waals surface area contributed by atoms with Gasteiger partial charge in [0.1, 0.15) is 17.5 Å². The molecule has 1 saturated heterocycles. The van der Waals surface area contributed by atoms with Gasteiger partial charge in [0.15, 0.2) is 0 Å². The summed E-state index contributed by atoms with van der Waals surface area (Å²) in [5.74, 6) is 0.551. The van der Waals surface area contributed by atoms with E-state index >= 15 is 0 Å². The SMILES string of the molecule is COC(=O)/C=C/[C@@H]1[C@H](Oc2ccccc2Br)C(=O)N1c1ccc(OC)cc1. The number of carbonyl (C=O) groups excluding carboxylic acids is 2. The van der Waals surface area contributed by atoms with Gasteiger partial charge in [-0.1, -0.05) is 18.2 Å². The van der Waals surface area contributed by atoms with E-state index < -0.39 is 18.1 Å². The van der Waals surface area contributed by atoms with Gasteiger partial charge in [-0.2, -0.15) is 0 Å². The Bertz CT molecular complexity index is 865. The first-order chi connectivity index (χ1) is 13.0. The number of hydrogen-bond acceptors (Lipinski definition) is 5. The quantitative estimate of drug-likeness (QED) is 0.398. The highest BCUT2D eigenvalue weighted by molar-refractivity contribution is 9.10. The van der Waals surface area contributed by atoms with Crippen LogP contribution in [-0.4, -0.2) is 38.2 Å². The van der Waals surface area contributed by atoms with E-state index in [2.05, 4.69) is 20.7 Å². The number of ether oxygens (including phenoxy) is 3. The van der Waals surface area contributed by atoms with Crippen molar-refractivity contribution >= 4 is 33.5 Å². The Morgan fingerprint density at radius 3 is 2.44 bits per heavy atom. The molecule has 1 amide bonds. The molecule has 0 saturated carbocycles. The molecule has 0 radical (unpaired) electrons. The van der Waals surface area contributed by atoms with Crippen LogP contribution in [0.5, 0.6) is 11.5 Å². The van der Waals surface area contributed by atoms with Gasteiger partial charge < -0.3 is 14.2 Å². The largest absolute Gasteiger partial charge is 0.497 e. The maximum absolute atomic E-state index is 12.8. The molecule has 2 atom stereocenters. The number of amides is 1. The van der Waals surface area contributed by atoms with Crippen molar-refractivity contribution in [2.45, 2.75) is 12.1 Å². The van der Waals surface area contributed by atoms with Crippen molar-refractivity contribution in [2.24, 2.45) is 0 Å². The van der Waals surface area contributed by atoms with Gasteiger partial charge in [0.25, 0.3) is 5.91 Å². The average Bonchev–Trinajstić information content (AvgIpc) is 2.70. The minimum Gasteiger partial charge on any atom is -0.497 e. The Labute approximate surface area is 165 Å². The molecule has 2 aromatic carbocycles. The van der Waals surface area contributed by atoms with E-state index in [1.807, 2.05) is 18.2 Å². The topological polar surface area (TPSA) is 65.1 Å². The molecule has 1 aliphatic rings. The van der Waals surface area contributed by atoms with Crippen LogP contribution in [0.25, 0.3) is 0 Å². The molecule has 0 aliphatic carbocycles. The van der Waals surface area contributed by atoms with Crippen molar-refractivity contribution in [3.05, 3.63) is 65.2 Å². The van der Waals surface area contributed by atoms with E-state index in [4.69, 9.17) is 9.47 Å². The van der Waals surface area contributed by atoms with Crippen LogP contribution >= 0.6 is 15.9 Å². The lowest BCUT2D eigenvalue weighted by molar-refractivity contribution is -0.135. The molecule has 140 valence electrons. The lowest BCUT2D eigenvalue weighted by Gasteiger charge is -2.45. The van der Waals surface area contributed by atoms with Gasteiger partial charge in [-0.15, -0.1) is 0 Å². The van der Waals surface area contributed by atoms with Crippen molar-refractivity contribution in [1.29, 1.82) is 0 Å². The molecular formula is C20H18BrNO5. The second-order valence-corrected chi connectivity index (χ2v) is 6.60. The molecule has 6 nitrogen and oxygen atoms in total. The van der Waals surface area contributed by atoms with Crippen LogP contribution in [-0.2, 0) is 14.3 Å². The molecule has 7 heteroatoms. The monoisotopic (exact) mass is 431 g/mol. The number of rotatable bonds is 6. The van der Waals surface area contributed by atoms with E-state index in [9.17, 15) is 9.59 Å². The number of nitrogens with zero attached hydrogens (tertiary/aromatic N) is 1. The van der Waals surface area contributed by atoms with Crippen molar-refractivity contribution in [3.8, 4) is 11.5 Å². The van der Waals surface area contributed by atoms with E-state index in [0.29, 0.717) is 17.2 Å². The summed E-state index contributed by atoms with van der Waals surface area (Å²) in [5.41, 5.74) is 0.687. The first-order valence-corrected chi connectivity index (χ1v) is 8.99. The standard InChI is InChI=1S/C20H18BrNO5/c1-25-14-9-7-13(8-10-14)22-16(11-12-18(23)26-2)19(20(22)24)27-17-6-4-3-5-15(17)21/h3-12,16,19H,1-2H3/b12-11+/t16-,19+/m1/s1. The van der Waals surface area contributed by atoms with E-state index in [-0.39, 0.29) is 5.91 Å². The second kappa shape index (κ2) is 8.26. The van der Waals surface area contributed by atoms with Crippen LogP contribution in [0.2, 0.25) is 0 Å². The van der Waals surface area contributed by atoms with Gasteiger partial charge in [-0.05, 0) is 52.3 Å². The maximum Gasteiger partial charge on any atom is 0.330 e. The van der Waals surface area contributed by atoms with Crippen LogP contribution in [0.15, 0.2) is 65.2 Å². The van der Waals surface area contributed by atoms with Crippen molar-refractivity contribution in [1.82, 2.24) is 0 Å². The molecule has 1 fully saturated rings. The molecular weight excluding hydrogens is 414 g/mol. The lowest BCUT2D eigenvalue weighted by Crippen LogP contribution is -2.66. The number of esters is 1. The number of β-lactam (4-membered cyclic amide) rings is 1. The summed E-state index contributed by atoms with van der Waals surface area (Å²) >= 11 is 3.41. The number of carbonyl (C=O) groups is 2. The Hall–Kier alpha value is -2.80. The molecule has 1 aliphatic heterocycles. The molecule has 0 unspecified atom stereocenters. The minimum atomic E-state index is -0.744. The number of benzene rings is 2. The second-order valence-electron chi connectivity index (χ2n) is 5.75. The normalized spacial score (nSPS) is 18.9. The van der Waals surface area contributed by atoms with Crippen molar-refractivity contribution < 1.29 is 23.8 Å². The van der Waals surface area contributed by atoms with Gasteiger partial charge in [0, 0.05) is 11.8 Å². The lowest BCUT2D eigenvalue weighted by atomic mass is 9.95. The van der Waals surface area contributed by atoms with Crippen LogP contribution in [0, 0.1) is 0 Å². The molecule has 2 aromatic rings.